The maximum absolute atomic E-state index is 10.6. The van der Waals surface area contributed by atoms with Crippen molar-refractivity contribution in [3.05, 3.63) is 0 Å². The first-order valence-corrected chi connectivity index (χ1v) is 12.0. The molecule has 27 heavy (non-hydrogen) atoms. The minimum atomic E-state index is -0.0476. The molecule has 9 atom stereocenters. The third-order valence-corrected chi connectivity index (χ3v) is 10.0. The molecule has 3 heteroatoms. The van der Waals surface area contributed by atoms with E-state index in [0.717, 1.165) is 43.1 Å². The van der Waals surface area contributed by atoms with Gasteiger partial charge in [-0.2, -0.15) is 0 Å². The van der Waals surface area contributed by atoms with Crippen molar-refractivity contribution in [3.8, 4) is 0 Å². The van der Waals surface area contributed by atoms with E-state index in [0.29, 0.717) is 11.5 Å². The fourth-order valence-electron chi connectivity index (χ4n) is 8.35. The van der Waals surface area contributed by atoms with E-state index < -0.39 is 0 Å². The van der Waals surface area contributed by atoms with Gasteiger partial charge in [-0.1, -0.05) is 13.8 Å². The van der Waals surface area contributed by atoms with Gasteiger partial charge < -0.3 is 14.6 Å². The summed E-state index contributed by atoms with van der Waals surface area (Å²) in [6.07, 6.45) is 15.5. The monoisotopic (exact) mass is 376 g/mol. The smallest absolute Gasteiger partial charge is 0.157 e. The minimum Gasteiger partial charge on any atom is -0.393 e. The number of hydrogen-bond acceptors (Lipinski definition) is 3. The highest BCUT2D eigenvalue weighted by atomic mass is 16.7. The van der Waals surface area contributed by atoms with E-state index in [1.807, 2.05) is 0 Å². The van der Waals surface area contributed by atoms with E-state index in [2.05, 4.69) is 13.8 Å². The molecule has 0 radical (unpaired) electrons. The fourth-order valence-corrected chi connectivity index (χ4v) is 8.35. The summed E-state index contributed by atoms with van der Waals surface area (Å²) in [5.74, 6) is 3.35. The van der Waals surface area contributed by atoms with Crippen LogP contribution in [0.1, 0.15) is 90.9 Å². The standard InChI is InChI=1S/C24H40O3/c1-23-12-10-17(27-22-5-3-4-14-26-22)15-16(23)6-7-18-19-8-9-21(25)24(19,2)13-11-20(18)23/h16-22,25H,3-15H2,1-2H3/t16-,17-,18-,19-,20-,21+,22+,23-,24-/m0/s1. The second-order valence-corrected chi connectivity index (χ2v) is 11.1. The highest BCUT2D eigenvalue weighted by molar-refractivity contribution is 5.09. The molecule has 0 bridgehead atoms. The molecule has 5 aliphatic rings. The lowest BCUT2D eigenvalue weighted by Gasteiger charge is -2.61. The molecule has 0 aromatic carbocycles. The van der Waals surface area contributed by atoms with Crippen molar-refractivity contribution >= 4 is 0 Å². The van der Waals surface area contributed by atoms with Crippen LogP contribution >= 0.6 is 0 Å². The molecule has 0 unspecified atom stereocenters. The van der Waals surface area contributed by atoms with Crippen molar-refractivity contribution in [2.75, 3.05) is 6.61 Å². The maximum Gasteiger partial charge on any atom is 0.157 e. The topological polar surface area (TPSA) is 38.7 Å². The number of fused-ring (bicyclic) bond motifs is 5. The quantitative estimate of drug-likeness (QED) is 0.665. The molecule has 1 N–H and O–H groups in total. The van der Waals surface area contributed by atoms with Gasteiger partial charge >= 0.3 is 0 Å². The van der Waals surface area contributed by atoms with Crippen LogP contribution in [0, 0.1) is 34.5 Å². The predicted octanol–water partition coefficient (Wildman–Crippen LogP) is 5.30. The van der Waals surface area contributed by atoms with Crippen LogP contribution in [0.25, 0.3) is 0 Å². The van der Waals surface area contributed by atoms with Crippen molar-refractivity contribution < 1.29 is 14.6 Å². The maximum atomic E-state index is 10.6. The SMILES string of the molecule is C[C@]12CC[C@H](O[C@@H]3CCCCO3)C[C@@H]1CC[C@@H]1[C@@H]2CC[C@]2(C)[C@H](O)CC[C@@H]12. The van der Waals surface area contributed by atoms with E-state index in [9.17, 15) is 5.11 Å². The van der Waals surface area contributed by atoms with Gasteiger partial charge in [0.05, 0.1) is 12.2 Å². The lowest BCUT2D eigenvalue weighted by Crippen LogP contribution is -2.54. The molecular formula is C24H40O3. The van der Waals surface area contributed by atoms with Gasteiger partial charge in [0.1, 0.15) is 0 Å². The molecule has 154 valence electrons. The fraction of sp³-hybridized carbons (Fsp3) is 1.00. The molecule has 0 spiro atoms. The molecule has 3 nitrogen and oxygen atoms in total. The highest BCUT2D eigenvalue weighted by Crippen LogP contribution is 2.66. The Kier molecular flexibility index (Phi) is 4.89. The van der Waals surface area contributed by atoms with Crippen molar-refractivity contribution in [1.29, 1.82) is 0 Å². The summed E-state index contributed by atoms with van der Waals surface area (Å²) in [5, 5.41) is 10.6. The van der Waals surface area contributed by atoms with Gasteiger partial charge in [0.25, 0.3) is 0 Å². The Morgan fingerprint density at radius 1 is 0.852 bits per heavy atom. The molecule has 4 saturated carbocycles. The molecule has 4 aliphatic carbocycles. The van der Waals surface area contributed by atoms with E-state index in [1.54, 1.807) is 0 Å². The Balaban J connectivity index is 1.27. The zero-order valence-electron chi connectivity index (χ0n) is 17.5. The predicted molar refractivity (Wildman–Crippen MR) is 106 cm³/mol. The van der Waals surface area contributed by atoms with E-state index in [1.165, 1.54) is 64.2 Å². The third-order valence-electron chi connectivity index (χ3n) is 10.0. The number of hydrogen-bond donors (Lipinski definition) is 1. The van der Waals surface area contributed by atoms with Gasteiger partial charge in [0.2, 0.25) is 0 Å². The summed E-state index contributed by atoms with van der Waals surface area (Å²) in [6.45, 7) is 5.90. The summed E-state index contributed by atoms with van der Waals surface area (Å²) >= 11 is 0. The van der Waals surface area contributed by atoms with Gasteiger partial charge in [-0.15, -0.1) is 0 Å². The molecule has 0 aromatic rings. The van der Waals surface area contributed by atoms with E-state index in [4.69, 9.17) is 9.47 Å². The summed E-state index contributed by atoms with van der Waals surface area (Å²) in [5.41, 5.74) is 0.716. The minimum absolute atomic E-state index is 0.0476. The molecule has 5 rings (SSSR count). The van der Waals surface area contributed by atoms with Crippen LogP contribution in [-0.2, 0) is 9.47 Å². The normalized spacial score (nSPS) is 55.4. The van der Waals surface area contributed by atoms with Crippen LogP contribution in [0.4, 0.5) is 0 Å². The molecule has 5 fully saturated rings. The average molecular weight is 377 g/mol. The Morgan fingerprint density at radius 3 is 2.48 bits per heavy atom. The first-order valence-electron chi connectivity index (χ1n) is 12.0. The summed E-state index contributed by atoms with van der Waals surface area (Å²) in [7, 11) is 0. The molecular weight excluding hydrogens is 336 g/mol. The lowest BCUT2D eigenvalue weighted by atomic mass is 9.45. The highest BCUT2D eigenvalue weighted by Gasteiger charge is 2.60. The van der Waals surface area contributed by atoms with Gasteiger partial charge in [-0.05, 0) is 112 Å². The van der Waals surface area contributed by atoms with Crippen molar-refractivity contribution in [3.63, 3.8) is 0 Å². The second kappa shape index (κ2) is 6.99. The zero-order chi connectivity index (χ0) is 18.6. The van der Waals surface area contributed by atoms with Gasteiger partial charge in [0.15, 0.2) is 6.29 Å². The molecule has 0 aromatic heterocycles. The number of rotatable bonds is 2. The first kappa shape index (κ1) is 18.9. The second-order valence-electron chi connectivity index (χ2n) is 11.1. The van der Waals surface area contributed by atoms with Crippen LogP contribution < -0.4 is 0 Å². The summed E-state index contributed by atoms with van der Waals surface area (Å²) in [4.78, 5) is 0. The Morgan fingerprint density at radius 2 is 1.67 bits per heavy atom. The molecule has 1 aliphatic heterocycles. The Bertz CT molecular complexity index is 544. The number of aliphatic hydroxyl groups excluding tert-OH is 1. The van der Waals surface area contributed by atoms with Crippen LogP contribution in [0.2, 0.25) is 0 Å². The van der Waals surface area contributed by atoms with Gasteiger partial charge in [0, 0.05) is 6.61 Å². The summed E-state index contributed by atoms with van der Waals surface area (Å²) < 4.78 is 12.3. The molecule has 1 saturated heterocycles. The van der Waals surface area contributed by atoms with Crippen LogP contribution in [0.15, 0.2) is 0 Å². The van der Waals surface area contributed by atoms with E-state index in [-0.39, 0.29) is 17.8 Å². The zero-order valence-corrected chi connectivity index (χ0v) is 17.5. The number of aliphatic hydroxyl groups is 1. The molecule has 1 heterocycles. The van der Waals surface area contributed by atoms with Crippen molar-refractivity contribution in [2.45, 2.75) is 109 Å². The Hall–Kier alpha value is -0.120. The van der Waals surface area contributed by atoms with Gasteiger partial charge in [-0.3, -0.25) is 0 Å². The third kappa shape index (κ3) is 3.02. The first-order chi connectivity index (χ1) is 13.0. The van der Waals surface area contributed by atoms with Gasteiger partial charge in [-0.25, -0.2) is 0 Å². The number of ether oxygens (including phenoxy) is 2. The van der Waals surface area contributed by atoms with Crippen LogP contribution in [0.5, 0.6) is 0 Å². The van der Waals surface area contributed by atoms with Crippen LogP contribution in [0.3, 0.4) is 0 Å². The van der Waals surface area contributed by atoms with Crippen molar-refractivity contribution in [1.82, 2.24) is 0 Å². The Labute approximate surface area is 165 Å². The largest absolute Gasteiger partial charge is 0.393 e. The van der Waals surface area contributed by atoms with Crippen LogP contribution in [-0.4, -0.2) is 30.2 Å². The summed E-state index contributed by atoms with van der Waals surface area (Å²) in [6, 6.07) is 0. The average Bonchev–Trinajstić information content (AvgIpc) is 2.98. The lowest BCUT2D eigenvalue weighted by molar-refractivity contribution is -0.212. The van der Waals surface area contributed by atoms with E-state index >= 15 is 0 Å². The molecule has 0 amide bonds. The van der Waals surface area contributed by atoms with Crippen molar-refractivity contribution in [2.24, 2.45) is 34.5 Å².